The van der Waals surface area contributed by atoms with Crippen molar-refractivity contribution in [3.05, 3.63) is 92.9 Å². The number of nitrogens with two attached hydrogens (primary N) is 1. The third-order valence-electron chi connectivity index (χ3n) is 4.91. The van der Waals surface area contributed by atoms with Gasteiger partial charge in [-0.2, -0.15) is 0 Å². The third kappa shape index (κ3) is 5.89. The Hall–Kier alpha value is -2.39. The maximum Gasteiger partial charge on any atom is 0.361 e. The first kappa shape index (κ1) is 24.3. The molecule has 3 rings (SSSR count). The van der Waals surface area contributed by atoms with Crippen LogP contribution in [0.5, 0.6) is 0 Å². The van der Waals surface area contributed by atoms with Gasteiger partial charge in [0.1, 0.15) is 6.04 Å². The highest BCUT2D eigenvalue weighted by Crippen LogP contribution is 2.33. The predicted molar refractivity (Wildman–Crippen MR) is 128 cm³/mol. The zero-order valence-electron chi connectivity index (χ0n) is 17.5. The van der Waals surface area contributed by atoms with E-state index in [1.165, 1.54) is 7.11 Å². The Morgan fingerprint density at radius 1 is 1.09 bits per heavy atom. The van der Waals surface area contributed by atoms with Crippen molar-refractivity contribution in [1.82, 2.24) is 0 Å². The minimum atomic E-state index is -3.83. The number of aryl methyl sites for hydroxylation is 1. The molecule has 9 heteroatoms. The number of hydrogen-bond donors (Lipinski definition) is 2. The molecule has 0 aliphatic heterocycles. The van der Waals surface area contributed by atoms with Crippen molar-refractivity contribution in [2.24, 2.45) is 0 Å². The van der Waals surface area contributed by atoms with Gasteiger partial charge in [0.2, 0.25) is 0 Å². The van der Waals surface area contributed by atoms with E-state index >= 15 is 0 Å². The van der Waals surface area contributed by atoms with E-state index in [0.717, 1.165) is 15.6 Å². The number of ether oxygens (including phenoxy) is 1. The highest BCUT2D eigenvalue weighted by atomic mass is 79.9. The molecule has 0 aromatic heterocycles. The van der Waals surface area contributed by atoms with Crippen LogP contribution in [0.25, 0.3) is 0 Å². The van der Waals surface area contributed by atoms with Crippen LogP contribution in [0, 0.1) is 6.92 Å². The van der Waals surface area contributed by atoms with Gasteiger partial charge in [0.05, 0.1) is 22.7 Å². The maximum atomic E-state index is 13.1. The minimum Gasteiger partial charge on any atom is -0.465 e. The van der Waals surface area contributed by atoms with Gasteiger partial charge in [-0.1, -0.05) is 63.4 Å². The topological polar surface area (TPSA) is 89.1 Å². The zero-order chi connectivity index (χ0) is 23.3. The fourth-order valence-corrected chi connectivity index (χ4v) is 4.97. The summed E-state index contributed by atoms with van der Waals surface area (Å²) in [6.45, 7) is 1.92. The standard InChI is InChI=1S/C23H22BrClN2O4S/c1-15-7-10-17(11-8-15)32(29,30)27-21-12-9-16(24)13-19(21)23(26-14-22(28)31-2)18-5-3-4-6-20(18)25/h3-13,23,26-27H,14H2,1-2H3/p+1. The van der Waals surface area contributed by atoms with Gasteiger partial charge in [-0.3, -0.25) is 4.72 Å². The SMILES string of the molecule is COC(=O)C[NH2+]C(c1ccccc1Cl)c1cc(Br)ccc1NS(=O)(=O)c1ccc(C)cc1. The second kappa shape index (κ2) is 10.5. The number of methoxy groups -OCH3 is 1. The van der Waals surface area contributed by atoms with Gasteiger partial charge in [0, 0.05) is 15.6 Å². The number of esters is 1. The van der Waals surface area contributed by atoms with E-state index in [0.29, 0.717) is 16.3 Å². The molecule has 6 nitrogen and oxygen atoms in total. The lowest BCUT2D eigenvalue weighted by molar-refractivity contribution is -0.677. The number of sulfonamides is 1. The molecule has 0 spiro atoms. The summed E-state index contributed by atoms with van der Waals surface area (Å²) in [5.74, 6) is -0.404. The third-order valence-corrected chi connectivity index (χ3v) is 7.13. The van der Waals surface area contributed by atoms with Crippen molar-refractivity contribution in [2.75, 3.05) is 18.4 Å². The van der Waals surface area contributed by atoms with Crippen LogP contribution < -0.4 is 10.0 Å². The summed E-state index contributed by atoms with van der Waals surface area (Å²) in [7, 11) is -2.51. The summed E-state index contributed by atoms with van der Waals surface area (Å²) in [6.07, 6.45) is 0. The Labute approximate surface area is 201 Å². The molecule has 0 aliphatic rings. The number of carbonyl (C=O) groups is 1. The predicted octanol–water partition coefficient (Wildman–Crippen LogP) is 4.04. The van der Waals surface area contributed by atoms with Crippen molar-refractivity contribution in [2.45, 2.75) is 17.9 Å². The molecular weight excluding hydrogens is 516 g/mol. The van der Waals surface area contributed by atoms with Crippen LogP contribution in [0.4, 0.5) is 5.69 Å². The maximum absolute atomic E-state index is 13.1. The Balaban J connectivity index is 2.07. The first-order chi connectivity index (χ1) is 15.2. The van der Waals surface area contributed by atoms with Crippen molar-refractivity contribution < 1.29 is 23.3 Å². The highest BCUT2D eigenvalue weighted by Gasteiger charge is 2.27. The van der Waals surface area contributed by atoms with Gasteiger partial charge >= 0.3 is 5.97 Å². The number of anilines is 1. The van der Waals surface area contributed by atoms with Gasteiger partial charge in [-0.25, -0.2) is 13.2 Å². The number of halogens is 2. The number of rotatable bonds is 8. The second-order valence-electron chi connectivity index (χ2n) is 7.17. The molecule has 0 saturated carbocycles. The second-order valence-corrected chi connectivity index (χ2v) is 10.2. The molecule has 1 unspecified atom stereocenters. The molecule has 0 amide bonds. The summed E-state index contributed by atoms with van der Waals surface area (Å²) in [5.41, 5.74) is 2.74. The van der Waals surface area contributed by atoms with Crippen molar-refractivity contribution in [1.29, 1.82) is 0 Å². The molecule has 0 heterocycles. The van der Waals surface area contributed by atoms with Gasteiger partial charge < -0.3 is 10.1 Å². The number of quaternary nitrogens is 1. The molecule has 3 N–H and O–H groups in total. The quantitative estimate of drug-likeness (QED) is 0.424. The lowest BCUT2D eigenvalue weighted by Gasteiger charge is -2.21. The molecule has 0 saturated heterocycles. The van der Waals surface area contributed by atoms with Gasteiger partial charge in [0.25, 0.3) is 10.0 Å². The molecule has 0 aliphatic carbocycles. The molecule has 3 aromatic carbocycles. The summed E-state index contributed by atoms with van der Waals surface area (Å²) >= 11 is 9.93. The molecule has 32 heavy (non-hydrogen) atoms. The van der Waals surface area contributed by atoms with Crippen LogP contribution in [0.3, 0.4) is 0 Å². The average molecular weight is 539 g/mol. The van der Waals surface area contributed by atoms with Crippen molar-refractivity contribution in [3.8, 4) is 0 Å². The van der Waals surface area contributed by atoms with Crippen LogP contribution in [0.2, 0.25) is 5.02 Å². The van der Waals surface area contributed by atoms with E-state index in [1.807, 2.05) is 31.2 Å². The lowest BCUT2D eigenvalue weighted by Crippen LogP contribution is -2.87. The Kier molecular flexibility index (Phi) is 7.95. The minimum absolute atomic E-state index is 0.0308. The highest BCUT2D eigenvalue weighted by molar-refractivity contribution is 9.10. The largest absolute Gasteiger partial charge is 0.465 e. The van der Waals surface area contributed by atoms with Gasteiger partial charge in [0.15, 0.2) is 6.54 Å². The molecule has 0 bridgehead atoms. The van der Waals surface area contributed by atoms with Crippen LogP contribution in [0.15, 0.2) is 76.1 Å². The summed E-state index contributed by atoms with van der Waals surface area (Å²) in [4.78, 5) is 12.0. The van der Waals surface area contributed by atoms with Crippen molar-refractivity contribution >= 4 is 49.2 Å². The monoisotopic (exact) mass is 537 g/mol. The smallest absolute Gasteiger partial charge is 0.361 e. The number of carbonyl (C=O) groups excluding carboxylic acids is 1. The first-order valence-electron chi connectivity index (χ1n) is 9.75. The molecular formula is C23H23BrClN2O4S+. The Bertz CT molecular complexity index is 1220. The zero-order valence-corrected chi connectivity index (χ0v) is 20.7. The van der Waals surface area contributed by atoms with E-state index in [9.17, 15) is 13.2 Å². The molecule has 168 valence electrons. The fraction of sp³-hybridized carbons (Fsp3) is 0.174. The molecule has 3 aromatic rings. The van der Waals surface area contributed by atoms with Crippen LogP contribution in [-0.2, 0) is 19.6 Å². The Morgan fingerprint density at radius 3 is 2.44 bits per heavy atom. The fourth-order valence-electron chi connectivity index (χ4n) is 3.25. The van der Waals surface area contributed by atoms with E-state index in [1.54, 1.807) is 47.8 Å². The molecule has 1 atom stereocenters. The summed E-state index contributed by atoms with van der Waals surface area (Å²) in [5, 5.41) is 2.27. The number of benzene rings is 3. The lowest BCUT2D eigenvalue weighted by atomic mass is 9.97. The Morgan fingerprint density at radius 2 is 1.78 bits per heavy atom. The molecule has 0 radical (unpaired) electrons. The first-order valence-corrected chi connectivity index (χ1v) is 12.4. The van der Waals surface area contributed by atoms with E-state index in [2.05, 4.69) is 20.7 Å². The molecule has 0 fully saturated rings. The number of hydrogen-bond acceptors (Lipinski definition) is 4. The van der Waals surface area contributed by atoms with E-state index in [-0.39, 0.29) is 11.4 Å². The van der Waals surface area contributed by atoms with E-state index < -0.39 is 22.0 Å². The number of nitrogens with one attached hydrogen (secondary N) is 1. The summed E-state index contributed by atoms with van der Waals surface area (Å²) < 4.78 is 34.3. The summed E-state index contributed by atoms with van der Waals surface area (Å²) in [6, 6.07) is 18.6. The average Bonchev–Trinajstić information content (AvgIpc) is 2.76. The van der Waals surface area contributed by atoms with Crippen LogP contribution in [-0.4, -0.2) is 28.0 Å². The van der Waals surface area contributed by atoms with Crippen molar-refractivity contribution in [3.63, 3.8) is 0 Å². The van der Waals surface area contributed by atoms with Gasteiger partial charge in [-0.15, -0.1) is 0 Å². The van der Waals surface area contributed by atoms with Crippen LogP contribution >= 0.6 is 27.5 Å². The van der Waals surface area contributed by atoms with Crippen LogP contribution in [0.1, 0.15) is 22.7 Å². The van der Waals surface area contributed by atoms with Gasteiger partial charge in [-0.05, 0) is 43.3 Å². The normalized spacial score (nSPS) is 12.2. The van der Waals surface area contributed by atoms with E-state index in [4.69, 9.17) is 16.3 Å².